The third kappa shape index (κ3) is 3.24. The van der Waals surface area contributed by atoms with Crippen molar-refractivity contribution in [1.29, 1.82) is 0 Å². The molecule has 0 aromatic heterocycles. The van der Waals surface area contributed by atoms with E-state index in [0.29, 0.717) is 5.92 Å². The maximum Gasteiger partial charge on any atom is 0.238 e. The summed E-state index contributed by atoms with van der Waals surface area (Å²) in [4.78, 5) is 11.9. The fourth-order valence-electron chi connectivity index (χ4n) is 1.92. The minimum atomic E-state index is -0.131. The molecule has 3 atom stereocenters. The van der Waals surface area contributed by atoms with Gasteiger partial charge in [-0.25, -0.2) is 0 Å². The minimum absolute atomic E-state index is 0.0481. The van der Waals surface area contributed by atoms with Crippen LogP contribution in [0.15, 0.2) is 0 Å². The molecule has 1 rings (SSSR count). The van der Waals surface area contributed by atoms with Gasteiger partial charge in [-0.3, -0.25) is 4.79 Å². The van der Waals surface area contributed by atoms with Gasteiger partial charge in [-0.15, -0.1) is 6.42 Å². The van der Waals surface area contributed by atoms with E-state index in [2.05, 4.69) is 23.5 Å². The second kappa shape index (κ2) is 5.77. The Morgan fingerprint density at radius 3 is 3.00 bits per heavy atom. The van der Waals surface area contributed by atoms with Crippen molar-refractivity contribution in [1.82, 2.24) is 10.6 Å². The van der Waals surface area contributed by atoms with Crippen molar-refractivity contribution in [2.24, 2.45) is 5.92 Å². The van der Waals surface area contributed by atoms with E-state index in [4.69, 9.17) is 6.42 Å². The highest BCUT2D eigenvalue weighted by Crippen LogP contribution is 2.15. The number of hydrogen-bond acceptors (Lipinski definition) is 2. The number of carbonyl (C=O) groups is 1. The van der Waals surface area contributed by atoms with Crippen LogP contribution in [-0.4, -0.2) is 24.5 Å². The van der Waals surface area contributed by atoms with Gasteiger partial charge in [0.15, 0.2) is 0 Å². The average Bonchev–Trinajstić information content (AvgIpc) is 2.26. The number of rotatable bonds is 3. The van der Waals surface area contributed by atoms with Gasteiger partial charge in [0.2, 0.25) is 5.91 Å². The van der Waals surface area contributed by atoms with Gasteiger partial charge in [0.1, 0.15) is 0 Å². The molecule has 1 saturated heterocycles. The van der Waals surface area contributed by atoms with Crippen LogP contribution >= 0.6 is 0 Å². The van der Waals surface area contributed by atoms with Gasteiger partial charge in [0, 0.05) is 0 Å². The van der Waals surface area contributed by atoms with Crippen molar-refractivity contribution in [2.75, 3.05) is 6.54 Å². The lowest BCUT2D eigenvalue weighted by molar-refractivity contribution is -0.125. The minimum Gasteiger partial charge on any atom is -0.341 e. The fraction of sp³-hybridized carbons (Fsp3) is 0.750. The molecule has 0 saturated carbocycles. The molecule has 1 aliphatic rings. The molecule has 0 radical (unpaired) electrons. The molecule has 1 aliphatic heterocycles. The summed E-state index contributed by atoms with van der Waals surface area (Å²) in [7, 11) is 0. The van der Waals surface area contributed by atoms with E-state index in [1.165, 1.54) is 0 Å². The predicted octanol–water partition coefficient (Wildman–Crippen LogP) is 0.902. The van der Waals surface area contributed by atoms with Gasteiger partial charge >= 0.3 is 0 Å². The highest BCUT2D eigenvalue weighted by molar-refractivity contribution is 5.82. The van der Waals surface area contributed by atoms with Crippen LogP contribution in [0, 0.1) is 18.3 Å². The highest BCUT2D eigenvalue weighted by atomic mass is 16.2. The first-order chi connectivity index (χ1) is 7.19. The van der Waals surface area contributed by atoms with E-state index in [1.807, 2.05) is 6.92 Å². The second-order valence-electron chi connectivity index (χ2n) is 4.19. The first kappa shape index (κ1) is 12.1. The second-order valence-corrected chi connectivity index (χ2v) is 4.19. The molecular weight excluding hydrogens is 188 g/mol. The molecule has 0 aromatic carbocycles. The first-order valence-electron chi connectivity index (χ1n) is 5.69. The van der Waals surface area contributed by atoms with Gasteiger partial charge in [-0.1, -0.05) is 19.8 Å². The number of amides is 1. The topological polar surface area (TPSA) is 41.1 Å². The maximum atomic E-state index is 11.9. The summed E-state index contributed by atoms with van der Waals surface area (Å²) < 4.78 is 0. The van der Waals surface area contributed by atoms with Crippen molar-refractivity contribution in [3.05, 3.63) is 0 Å². The summed E-state index contributed by atoms with van der Waals surface area (Å²) in [5, 5.41) is 6.12. The normalized spacial score (nSPS) is 27.8. The predicted molar refractivity (Wildman–Crippen MR) is 61.2 cm³/mol. The van der Waals surface area contributed by atoms with Crippen LogP contribution in [0.4, 0.5) is 0 Å². The molecule has 3 unspecified atom stereocenters. The van der Waals surface area contributed by atoms with E-state index in [-0.39, 0.29) is 18.0 Å². The number of nitrogens with one attached hydrogen (secondary N) is 2. The summed E-state index contributed by atoms with van der Waals surface area (Å²) in [5.74, 6) is 3.02. The zero-order chi connectivity index (χ0) is 11.3. The lowest BCUT2D eigenvalue weighted by Crippen LogP contribution is -2.52. The molecule has 0 aliphatic carbocycles. The van der Waals surface area contributed by atoms with Crippen LogP contribution < -0.4 is 10.6 Å². The molecule has 1 fully saturated rings. The van der Waals surface area contributed by atoms with Gasteiger partial charge in [0.25, 0.3) is 0 Å². The van der Waals surface area contributed by atoms with Crippen LogP contribution in [-0.2, 0) is 4.79 Å². The summed E-state index contributed by atoms with van der Waals surface area (Å²) in [6, 6.07) is -0.199. The zero-order valence-corrected chi connectivity index (χ0v) is 9.55. The van der Waals surface area contributed by atoms with Gasteiger partial charge in [0.05, 0.1) is 12.1 Å². The van der Waals surface area contributed by atoms with Crippen LogP contribution in [0.2, 0.25) is 0 Å². The quantitative estimate of drug-likeness (QED) is 0.677. The van der Waals surface area contributed by atoms with E-state index in [1.54, 1.807) is 0 Å². The lowest BCUT2D eigenvalue weighted by atomic mass is 9.92. The molecule has 3 nitrogen and oxygen atoms in total. The van der Waals surface area contributed by atoms with Gasteiger partial charge in [-0.05, 0) is 31.7 Å². The Kier molecular flexibility index (Phi) is 4.64. The highest BCUT2D eigenvalue weighted by Gasteiger charge is 2.27. The number of terminal acetylenes is 1. The Balaban J connectivity index is 2.48. The Morgan fingerprint density at radius 1 is 1.73 bits per heavy atom. The molecule has 0 spiro atoms. The van der Waals surface area contributed by atoms with Crippen LogP contribution in [0.1, 0.15) is 33.1 Å². The van der Waals surface area contributed by atoms with Crippen LogP contribution in [0.25, 0.3) is 0 Å². The summed E-state index contributed by atoms with van der Waals surface area (Å²) in [6.07, 6.45) is 8.35. The maximum absolute atomic E-state index is 11.9. The Labute approximate surface area is 92.0 Å². The van der Waals surface area contributed by atoms with Crippen LogP contribution in [0.5, 0.6) is 0 Å². The Bertz CT molecular complexity index is 257. The van der Waals surface area contributed by atoms with Crippen molar-refractivity contribution in [3.63, 3.8) is 0 Å². The van der Waals surface area contributed by atoms with Crippen molar-refractivity contribution in [2.45, 2.75) is 45.2 Å². The Hall–Kier alpha value is -1.01. The fourth-order valence-corrected chi connectivity index (χ4v) is 1.92. The standard InChI is InChI=1S/C12H20N2O/c1-4-10(5-2)14-12(15)11-9(3)7-6-8-13-11/h1,9-11,13H,5-8H2,2-3H3,(H,14,15). The number of piperidine rings is 1. The van der Waals surface area contributed by atoms with E-state index in [9.17, 15) is 4.79 Å². The molecule has 3 heteroatoms. The van der Waals surface area contributed by atoms with Crippen molar-refractivity contribution in [3.8, 4) is 12.3 Å². The summed E-state index contributed by atoms with van der Waals surface area (Å²) in [5.41, 5.74) is 0. The van der Waals surface area contributed by atoms with Crippen molar-refractivity contribution >= 4 is 5.91 Å². The van der Waals surface area contributed by atoms with E-state index < -0.39 is 0 Å². The summed E-state index contributed by atoms with van der Waals surface area (Å²) in [6.45, 7) is 5.00. The summed E-state index contributed by atoms with van der Waals surface area (Å²) >= 11 is 0. The first-order valence-corrected chi connectivity index (χ1v) is 5.69. The lowest BCUT2D eigenvalue weighted by Gasteiger charge is -2.29. The molecular formula is C12H20N2O. The van der Waals surface area contributed by atoms with Crippen molar-refractivity contribution < 1.29 is 4.79 Å². The molecule has 0 aromatic rings. The SMILES string of the molecule is C#CC(CC)NC(=O)C1NCCCC1C. The zero-order valence-electron chi connectivity index (χ0n) is 9.55. The number of carbonyl (C=O) groups excluding carboxylic acids is 1. The van der Waals surface area contributed by atoms with Gasteiger partial charge < -0.3 is 10.6 Å². The monoisotopic (exact) mass is 208 g/mol. The van der Waals surface area contributed by atoms with E-state index >= 15 is 0 Å². The molecule has 15 heavy (non-hydrogen) atoms. The third-order valence-electron chi connectivity index (χ3n) is 2.98. The smallest absolute Gasteiger partial charge is 0.238 e. The van der Waals surface area contributed by atoms with Gasteiger partial charge in [-0.2, -0.15) is 0 Å². The molecule has 1 heterocycles. The van der Waals surface area contributed by atoms with Crippen LogP contribution in [0.3, 0.4) is 0 Å². The Morgan fingerprint density at radius 2 is 2.47 bits per heavy atom. The molecule has 2 N–H and O–H groups in total. The average molecular weight is 208 g/mol. The number of hydrogen-bond donors (Lipinski definition) is 2. The molecule has 0 bridgehead atoms. The molecule has 1 amide bonds. The third-order valence-corrected chi connectivity index (χ3v) is 2.98. The van der Waals surface area contributed by atoms with E-state index in [0.717, 1.165) is 25.8 Å². The molecule has 84 valence electrons. The largest absolute Gasteiger partial charge is 0.341 e.